The van der Waals surface area contributed by atoms with Crippen molar-refractivity contribution in [1.82, 2.24) is 0 Å². The zero-order valence-corrected chi connectivity index (χ0v) is 14.8. The van der Waals surface area contributed by atoms with E-state index >= 15 is 0 Å². The summed E-state index contributed by atoms with van der Waals surface area (Å²) >= 11 is 14.3. The molecule has 0 spiro atoms. The minimum atomic E-state index is -2.31. The van der Waals surface area contributed by atoms with Crippen LogP contribution >= 0.6 is 22.2 Å². The smallest absolute Gasteiger partial charge is 0.145 e. The standard InChI is InChI=1S/C18H22Cl2Si/c19-21(20,17-11-9-13-5-1-3-7-15(13)17)18-12-10-14-6-2-4-8-16(14)18/h1-4,7-8,13-14,17-18H,5-6,9-12H2. The van der Waals surface area contributed by atoms with Crippen LogP contribution < -0.4 is 0 Å². The molecular weight excluding hydrogens is 315 g/mol. The Kier molecular flexibility index (Phi) is 3.72. The summed E-state index contributed by atoms with van der Waals surface area (Å²) in [4.78, 5) is 0. The lowest BCUT2D eigenvalue weighted by molar-refractivity contribution is 0.632. The number of halogens is 2. The fourth-order valence-electron chi connectivity index (χ4n) is 4.90. The van der Waals surface area contributed by atoms with Crippen LogP contribution in [0.2, 0.25) is 11.1 Å². The van der Waals surface area contributed by atoms with E-state index in [1.54, 1.807) is 11.1 Å². The van der Waals surface area contributed by atoms with Crippen molar-refractivity contribution >= 4 is 28.9 Å². The number of hydrogen-bond donors (Lipinski definition) is 0. The molecule has 0 aromatic heterocycles. The third-order valence-corrected chi connectivity index (χ3v) is 12.2. The largest absolute Gasteiger partial charge is 0.265 e. The van der Waals surface area contributed by atoms with Gasteiger partial charge in [0, 0.05) is 11.1 Å². The molecule has 0 amide bonds. The third-order valence-electron chi connectivity index (χ3n) is 5.98. The molecule has 2 saturated carbocycles. The van der Waals surface area contributed by atoms with Crippen molar-refractivity contribution in [2.75, 3.05) is 0 Å². The SMILES string of the molecule is Cl[Si](Cl)(C1CCC2CC=CC=C21)C1CCC2CC=CC=C21. The average Bonchev–Trinajstić information content (AvgIpc) is 3.12. The summed E-state index contributed by atoms with van der Waals surface area (Å²) in [6.45, 7) is -2.31. The van der Waals surface area contributed by atoms with Gasteiger partial charge < -0.3 is 0 Å². The summed E-state index contributed by atoms with van der Waals surface area (Å²) < 4.78 is 0. The summed E-state index contributed by atoms with van der Waals surface area (Å²) in [6.07, 6.45) is 21.0. The second kappa shape index (κ2) is 5.44. The third kappa shape index (κ3) is 2.33. The highest BCUT2D eigenvalue weighted by atomic mass is 35.7. The van der Waals surface area contributed by atoms with E-state index in [1.807, 2.05) is 0 Å². The Morgan fingerprint density at radius 3 is 1.71 bits per heavy atom. The molecule has 0 aromatic carbocycles. The summed E-state index contributed by atoms with van der Waals surface area (Å²) in [5.74, 6) is 1.45. The zero-order chi connectivity index (χ0) is 14.4. The van der Waals surface area contributed by atoms with Gasteiger partial charge in [0.05, 0.1) is 0 Å². The van der Waals surface area contributed by atoms with Crippen molar-refractivity contribution in [3.8, 4) is 0 Å². The normalized spacial score (nSPS) is 38.0. The highest BCUT2D eigenvalue weighted by Gasteiger charge is 2.54. The van der Waals surface area contributed by atoms with Crippen LogP contribution in [0.15, 0.2) is 47.6 Å². The Morgan fingerprint density at radius 1 is 0.762 bits per heavy atom. The van der Waals surface area contributed by atoms with Crippen LogP contribution in [0.5, 0.6) is 0 Å². The fraction of sp³-hybridized carbons (Fsp3) is 0.556. The monoisotopic (exact) mass is 336 g/mol. The van der Waals surface area contributed by atoms with E-state index in [1.165, 1.54) is 38.5 Å². The van der Waals surface area contributed by atoms with Crippen molar-refractivity contribution in [1.29, 1.82) is 0 Å². The molecule has 0 heterocycles. The van der Waals surface area contributed by atoms with E-state index in [4.69, 9.17) is 22.2 Å². The van der Waals surface area contributed by atoms with Crippen molar-refractivity contribution in [2.45, 2.75) is 49.6 Å². The van der Waals surface area contributed by atoms with Gasteiger partial charge in [-0.3, -0.25) is 0 Å². The molecule has 4 aliphatic carbocycles. The topological polar surface area (TPSA) is 0 Å². The van der Waals surface area contributed by atoms with Gasteiger partial charge in [0.2, 0.25) is 0 Å². The Balaban J connectivity index is 1.64. The van der Waals surface area contributed by atoms with Crippen LogP contribution in [0.1, 0.15) is 38.5 Å². The molecule has 4 aliphatic rings. The van der Waals surface area contributed by atoms with Gasteiger partial charge >= 0.3 is 0 Å². The summed E-state index contributed by atoms with van der Waals surface area (Å²) in [5.41, 5.74) is 4.10. The first-order valence-electron chi connectivity index (χ1n) is 8.29. The minimum absolute atomic E-state index is 0.478. The molecule has 4 atom stereocenters. The molecule has 2 fully saturated rings. The maximum atomic E-state index is 7.16. The van der Waals surface area contributed by atoms with Gasteiger partial charge in [-0.25, -0.2) is 0 Å². The Bertz CT molecular complexity index is 508. The molecule has 112 valence electrons. The van der Waals surface area contributed by atoms with E-state index in [9.17, 15) is 0 Å². The van der Waals surface area contributed by atoms with Crippen LogP contribution in [-0.4, -0.2) is 6.69 Å². The fourth-order valence-corrected chi connectivity index (χ4v) is 10.9. The van der Waals surface area contributed by atoms with Gasteiger partial charge in [0.1, 0.15) is 0 Å². The van der Waals surface area contributed by atoms with Gasteiger partial charge in [-0.1, -0.05) is 47.6 Å². The summed E-state index contributed by atoms with van der Waals surface area (Å²) in [6, 6.07) is 0. The molecule has 4 unspecified atom stereocenters. The predicted octanol–water partition coefficient (Wildman–Crippen LogP) is 6.24. The van der Waals surface area contributed by atoms with Gasteiger partial charge in [-0.2, -0.15) is 0 Å². The number of rotatable bonds is 2. The number of allylic oxidation sites excluding steroid dienone is 8. The quantitative estimate of drug-likeness (QED) is 0.413. The van der Waals surface area contributed by atoms with Gasteiger partial charge in [-0.15, -0.1) is 22.2 Å². The van der Waals surface area contributed by atoms with E-state index in [0.717, 1.165) is 11.8 Å². The second-order valence-corrected chi connectivity index (χ2v) is 14.1. The van der Waals surface area contributed by atoms with E-state index in [0.29, 0.717) is 11.1 Å². The maximum Gasteiger partial charge on any atom is 0.265 e. The van der Waals surface area contributed by atoms with Crippen LogP contribution in [-0.2, 0) is 0 Å². The lowest BCUT2D eigenvalue weighted by Gasteiger charge is -2.34. The first-order valence-corrected chi connectivity index (χ1v) is 12.5. The maximum absolute atomic E-state index is 7.16. The Labute approximate surface area is 138 Å². The molecule has 3 heteroatoms. The molecule has 0 aromatic rings. The zero-order valence-electron chi connectivity index (χ0n) is 12.3. The van der Waals surface area contributed by atoms with Crippen molar-refractivity contribution in [3.05, 3.63) is 47.6 Å². The van der Waals surface area contributed by atoms with Crippen molar-refractivity contribution in [3.63, 3.8) is 0 Å². The summed E-state index contributed by atoms with van der Waals surface area (Å²) in [7, 11) is 0. The number of fused-ring (bicyclic) bond motifs is 2. The van der Waals surface area contributed by atoms with Crippen molar-refractivity contribution < 1.29 is 0 Å². The molecular formula is C18H22Cl2Si. The van der Waals surface area contributed by atoms with E-state index in [2.05, 4.69) is 36.5 Å². The first kappa shape index (κ1) is 14.4. The van der Waals surface area contributed by atoms with Gasteiger partial charge in [-0.05, 0) is 50.4 Å². The highest BCUT2D eigenvalue weighted by Crippen LogP contribution is 2.61. The van der Waals surface area contributed by atoms with Crippen LogP contribution in [0.25, 0.3) is 0 Å². The first-order chi connectivity index (χ1) is 10.2. The Morgan fingerprint density at radius 2 is 1.24 bits per heavy atom. The van der Waals surface area contributed by atoms with Crippen molar-refractivity contribution in [2.24, 2.45) is 11.8 Å². The molecule has 0 aliphatic heterocycles. The molecule has 0 radical (unpaired) electrons. The lowest BCUT2D eigenvalue weighted by atomic mass is 9.94. The number of hydrogen-bond acceptors (Lipinski definition) is 0. The molecule has 4 rings (SSSR count). The molecule has 21 heavy (non-hydrogen) atoms. The van der Waals surface area contributed by atoms with Crippen LogP contribution in [0, 0.1) is 11.8 Å². The lowest BCUT2D eigenvalue weighted by Crippen LogP contribution is -2.33. The molecule has 0 N–H and O–H groups in total. The van der Waals surface area contributed by atoms with Gasteiger partial charge in [0.25, 0.3) is 6.69 Å². The average molecular weight is 337 g/mol. The highest BCUT2D eigenvalue weighted by molar-refractivity contribution is 7.47. The molecule has 0 bridgehead atoms. The van der Waals surface area contributed by atoms with Gasteiger partial charge in [0.15, 0.2) is 0 Å². The van der Waals surface area contributed by atoms with E-state index < -0.39 is 6.69 Å². The molecule has 0 saturated heterocycles. The van der Waals surface area contributed by atoms with Crippen LogP contribution in [0.3, 0.4) is 0 Å². The predicted molar refractivity (Wildman–Crippen MR) is 94.1 cm³/mol. The Hall–Kier alpha value is -0.243. The van der Waals surface area contributed by atoms with Crippen LogP contribution in [0.4, 0.5) is 0 Å². The van der Waals surface area contributed by atoms with E-state index in [-0.39, 0.29) is 0 Å². The summed E-state index contributed by atoms with van der Waals surface area (Å²) in [5, 5.41) is 0. The minimum Gasteiger partial charge on any atom is -0.145 e. The molecule has 0 nitrogen and oxygen atoms in total. The second-order valence-electron chi connectivity index (χ2n) is 6.99.